The summed E-state index contributed by atoms with van der Waals surface area (Å²) < 4.78 is 211. The van der Waals surface area contributed by atoms with Crippen LogP contribution >= 0.6 is 0 Å². The number of aryl methyl sites for hydroxylation is 1. The number of imidazole rings is 3. The number of carbonyl (C=O) groups excluding carboxylic acids is 1. The standard InChI is InChI=1S/C23H28N2O7S.C21H22F4N2O5S.C21H23F3N2O5S/c1-6-31-21-13-15(9-11-20(21)30-4)19(14-33(5,28)29)25-18-12-16(22(26)32-7-2)8-10-17(18)24(3)23(25)27;1-4-32-19-9-13(5-8-18(19)31-2)17(11-33(3,29)30)27-15-7-6-14(22)10-16(15)26(20(27)28)12-21(23,24)25;1-4-31-19-9-13(5-8-18(19)30-2)17(12-32(3,28)29)26-15-7-6-14(22)10-16(15)25(21(26)27)11-20(23)24/h8-13,19H,6-7,14H2,1-5H3;5-10,17H,4,11-12H2,1-3H3;5-10,17,20H,4,11-12H2,1-3H3/t19-;2*17-/m111/s1. The molecule has 3 heterocycles. The largest absolute Gasteiger partial charge is 0.493 e. The first kappa shape index (κ1) is 76.1. The molecule has 98 heavy (non-hydrogen) atoms. The minimum Gasteiger partial charge on any atom is -0.493 e. The predicted molar refractivity (Wildman–Crippen MR) is 354 cm³/mol. The van der Waals surface area contributed by atoms with Gasteiger partial charge in [0.15, 0.2) is 34.5 Å². The number of halogens is 7. The fourth-order valence-corrected chi connectivity index (χ4v) is 13.8. The molecular weight excluding hydrogens is 1370 g/mol. The maximum Gasteiger partial charge on any atom is 0.406 e. The molecule has 0 aliphatic heterocycles. The van der Waals surface area contributed by atoms with Crippen LogP contribution in [0.2, 0.25) is 0 Å². The van der Waals surface area contributed by atoms with E-state index in [2.05, 4.69) is 0 Å². The summed E-state index contributed by atoms with van der Waals surface area (Å²) in [4.78, 5) is 51.9. The number of ether oxygens (including phenoxy) is 7. The van der Waals surface area contributed by atoms with E-state index in [0.29, 0.717) is 74.3 Å². The first-order valence-corrected chi connectivity index (χ1v) is 36.2. The third-order valence-electron chi connectivity index (χ3n) is 15.0. The van der Waals surface area contributed by atoms with Crippen LogP contribution in [0.3, 0.4) is 0 Å². The van der Waals surface area contributed by atoms with Gasteiger partial charge in [0, 0.05) is 25.8 Å². The summed E-state index contributed by atoms with van der Waals surface area (Å²) in [7, 11) is -4.88. The van der Waals surface area contributed by atoms with Crippen molar-refractivity contribution < 1.29 is 93.9 Å². The van der Waals surface area contributed by atoms with Gasteiger partial charge in [0.05, 0.1) is 128 Å². The van der Waals surface area contributed by atoms with Gasteiger partial charge in [-0.2, -0.15) is 13.2 Å². The van der Waals surface area contributed by atoms with Crippen molar-refractivity contribution in [2.45, 2.75) is 71.5 Å². The van der Waals surface area contributed by atoms with Gasteiger partial charge in [-0.25, -0.2) is 62.0 Å². The van der Waals surface area contributed by atoms with Crippen LogP contribution in [0.1, 0.15) is 72.9 Å². The summed E-state index contributed by atoms with van der Waals surface area (Å²) in [5, 5.41) is 0. The normalized spacial score (nSPS) is 12.9. The van der Waals surface area contributed by atoms with Crippen molar-refractivity contribution in [2.75, 3.05) is 83.8 Å². The lowest BCUT2D eigenvalue weighted by Crippen LogP contribution is -2.34. The molecule has 0 aliphatic rings. The van der Waals surface area contributed by atoms with Crippen molar-refractivity contribution in [3.63, 3.8) is 0 Å². The predicted octanol–water partition coefficient (Wildman–Crippen LogP) is 9.35. The fraction of sp³-hybridized carbons (Fsp3) is 0.385. The van der Waals surface area contributed by atoms with Crippen molar-refractivity contribution in [3.05, 3.63) is 175 Å². The molecule has 0 N–H and O–H groups in total. The van der Waals surface area contributed by atoms with Gasteiger partial charge in [0.2, 0.25) is 0 Å². The van der Waals surface area contributed by atoms with Crippen LogP contribution in [0, 0.1) is 11.6 Å². The Balaban J connectivity index is 0.000000207. The molecule has 3 aromatic heterocycles. The average molecular weight is 1440 g/mol. The number of fused-ring (bicyclic) bond motifs is 3. The van der Waals surface area contributed by atoms with E-state index in [1.807, 2.05) is 6.92 Å². The maximum atomic E-state index is 13.9. The molecule has 6 aromatic carbocycles. The van der Waals surface area contributed by atoms with Crippen molar-refractivity contribution in [2.24, 2.45) is 7.05 Å². The molecule has 0 saturated heterocycles. The third kappa shape index (κ3) is 18.3. The lowest BCUT2D eigenvalue weighted by Gasteiger charge is -2.20. The Kier molecular flexibility index (Phi) is 24.5. The summed E-state index contributed by atoms with van der Waals surface area (Å²) in [5.41, 5.74) is -0.135. The number of sulfone groups is 3. The Labute approximate surface area is 558 Å². The molecule has 532 valence electrons. The minimum absolute atomic E-state index is 0.0342. The molecule has 0 radical (unpaired) electrons. The van der Waals surface area contributed by atoms with E-state index in [4.69, 9.17) is 33.2 Å². The molecule has 9 aromatic rings. The lowest BCUT2D eigenvalue weighted by atomic mass is 10.1. The lowest BCUT2D eigenvalue weighted by molar-refractivity contribution is -0.140. The Hall–Kier alpha value is -9.24. The van der Waals surface area contributed by atoms with Crippen molar-refractivity contribution in [1.82, 2.24) is 27.4 Å². The van der Waals surface area contributed by atoms with Crippen LogP contribution in [0.15, 0.2) is 124 Å². The molecule has 0 spiro atoms. The second-order valence-electron chi connectivity index (χ2n) is 22.3. The summed E-state index contributed by atoms with van der Waals surface area (Å²) in [5.74, 6) is -1.17. The maximum absolute atomic E-state index is 13.9. The van der Waals surface area contributed by atoms with Gasteiger partial charge in [0.1, 0.15) is 47.7 Å². The average Bonchev–Trinajstić information content (AvgIpc) is 1.60. The first-order valence-electron chi connectivity index (χ1n) is 30.0. The van der Waals surface area contributed by atoms with E-state index in [9.17, 15) is 75.2 Å². The van der Waals surface area contributed by atoms with Gasteiger partial charge in [-0.15, -0.1) is 0 Å². The van der Waals surface area contributed by atoms with Gasteiger partial charge in [-0.05, 0) is 135 Å². The summed E-state index contributed by atoms with van der Waals surface area (Å²) >= 11 is 0. The number of methoxy groups -OCH3 is 3. The molecular formula is C65H73F7N6O17S3. The van der Waals surface area contributed by atoms with Crippen LogP contribution in [0.5, 0.6) is 34.5 Å². The number of hydrogen-bond donors (Lipinski definition) is 0. The second kappa shape index (κ2) is 31.5. The second-order valence-corrected chi connectivity index (χ2v) is 28.8. The van der Waals surface area contributed by atoms with E-state index in [1.54, 1.807) is 82.4 Å². The highest BCUT2D eigenvalue weighted by atomic mass is 32.2. The van der Waals surface area contributed by atoms with Gasteiger partial charge in [-0.1, -0.05) is 18.2 Å². The molecule has 0 saturated carbocycles. The quantitative estimate of drug-likeness (QED) is 0.0361. The molecule has 0 amide bonds. The summed E-state index contributed by atoms with van der Waals surface area (Å²) in [6.45, 7) is 5.57. The van der Waals surface area contributed by atoms with E-state index in [1.165, 1.54) is 54.7 Å². The van der Waals surface area contributed by atoms with Crippen LogP contribution < -0.4 is 45.5 Å². The van der Waals surface area contributed by atoms with Crippen LogP contribution in [-0.2, 0) is 54.4 Å². The molecule has 33 heteroatoms. The SMILES string of the molecule is CCOC(=O)c1ccc2c(c1)n([C@H](CS(C)(=O)=O)c1ccc(OC)c(OCC)c1)c(=O)n2C.CCOc1cc([C@@H](CS(C)(=O)=O)n2c(=O)n(CC(F)(F)F)c3cc(F)ccc32)ccc1OC.CCOc1cc([C@@H](CS(C)(=O)=O)n2c(=O)n(CC(F)F)c3cc(F)ccc32)ccc1OC. The Morgan fingerprint density at radius 2 is 0.827 bits per heavy atom. The van der Waals surface area contributed by atoms with Crippen molar-refractivity contribution in [1.29, 1.82) is 0 Å². The number of carbonyl (C=O) groups is 1. The Bertz CT molecular complexity index is 4930. The van der Waals surface area contributed by atoms with Crippen LogP contribution in [-0.4, -0.2) is 155 Å². The molecule has 0 bridgehead atoms. The highest BCUT2D eigenvalue weighted by Crippen LogP contribution is 2.37. The molecule has 0 unspecified atom stereocenters. The third-order valence-corrected chi connectivity index (χ3v) is 17.8. The summed E-state index contributed by atoms with van der Waals surface area (Å²) in [6.07, 6.45) is -4.55. The highest BCUT2D eigenvalue weighted by Gasteiger charge is 2.34. The number of hydrogen-bond acceptors (Lipinski definition) is 17. The molecule has 9 rings (SSSR count). The van der Waals surface area contributed by atoms with Crippen LogP contribution in [0.25, 0.3) is 33.1 Å². The minimum atomic E-state index is -4.76. The summed E-state index contributed by atoms with van der Waals surface area (Å²) in [6, 6.07) is 22.2. The van der Waals surface area contributed by atoms with Gasteiger partial charge in [0.25, 0.3) is 6.43 Å². The van der Waals surface area contributed by atoms with E-state index in [-0.39, 0.29) is 52.3 Å². The smallest absolute Gasteiger partial charge is 0.406 e. The van der Waals surface area contributed by atoms with Crippen molar-refractivity contribution >= 4 is 68.6 Å². The Morgan fingerprint density at radius 1 is 0.459 bits per heavy atom. The van der Waals surface area contributed by atoms with E-state index < -0.39 is 120 Å². The van der Waals surface area contributed by atoms with Gasteiger partial charge < -0.3 is 33.2 Å². The molecule has 0 fully saturated rings. The highest BCUT2D eigenvalue weighted by molar-refractivity contribution is 7.91. The molecule has 0 aliphatic carbocycles. The number of aromatic nitrogens is 6. The van der Waals surface area contributed by atoms with E-state index >= 15 is 0 Å². The number of benzene rings is 6. The fourth-order valence-electron chi connectivity index (χ4n) is 11.1. The van der Waals surface area contributed by atoms with Crippen molar-refractivity contribution in [3.8, 4) is 34.5 Å². The number of esters is 1. The number of rotatable bonds is 26. The molecule has 3 atom stereocenters. The van der Waals surface area contributed by atoms with Gasteiger partial charge in [-0.3, -0.25) is 27.4 Å². The first-order chi connectivity index (χ1) is 46.0. The zero-order chi connectivity index (χ0) is 72.5. The van der Waals surface area contributed by atoms with E-state index in [0.717, 1.165) is 62.8 Å². The zero-order valence-corrected chi connectivity index (χ0v) is 57.5. The van der Waals surface area contributed by atoms with Gasteiger partial charge >= 0.3 is 29.2 Å². The van der Waals surface area contributed by atoms with Crippen LogP contribution in [0.4, 0.5) is 30.7 Å². The number of alkyl halides is 5. The topological polar surface area (TPSA) is 265 Å². The number of nitrogens with zero attached hydrogens (tertiary/aromatic N) is 6. The zero-order valence-electron chi connectivity index (χ0n) is 55.1. The Morgan fingerprint density at radius 3 is 1.17 bits per heavy atom. The monoisotopic (exact) mass is 1440 g/mol. The molecule has 23 nitrogen and oxygen atoms in total.